The molecule has 144 valence electrons. The molecule has 0 bridgehead atoms. The second kappa shape index (κ2) is 13.9. The van der Waals surface area contributed by atoms with Crippen molar-refractivity contribution in [1.82, 2.24) is 5.32 Å². The molecule has 2 nitrogen and oxygen atoms in total. The molecule has 0 spiro atoms. The van der Waals surface area contributed by atoms with Gasteiger partial charge in [0.25, 0.3) is 0 Å². The molecule has 0 aromatic heterocycles. The van der Waals surface area contributed by atoms with Gasteiger partial charge >= 0.3 is 0 Å². The predicted molar refractivity (Wildman–Crippen MR) is 115 cm³/mol. The second-order valence-electron chi connectivity index (χ2n) is 6.48. The molecule has 0 aliphatic heterocycles. The summed E-state index contributed by atoms with van der Waals surface area (Å²) in [4.78, 5) is 0. The van der Waals surface area contributed by atoms with Crippen LogP contribution in [-0.2, 0) is 13.2 Å². The maximum Gasteiger partial charge on any atom is 0.138 e. The molecule has 0 heterocycles. The Morgan fingerprint density at radius 1 is 0.885 bits per heavy atom. The Balaban J connectivity index is 0.00000338. The van der Waals surface area contributed by atoms with Gasteiger partial charge in [-0.05, 0) is 36.2 Å². The highest BCUT2D eigenvalue weighted by Gasteiger charge is 2.04. The molecule has 0 saturated heterocycles. The fourth-order valence-electron chi connectivity index (χ4n) is 2.77. The topological polar surface area (TPSA) is 21.3 Å². The molecule has 2 rings (SSSR count). The number of hydrogen-bond donors (Lipinski definition) is 1. The molecule has 0 fully saturated rings. The van der Waals surface area contributed by atoms with E-state index in [-0.39, 0.29) is 12.4 Å². The Morgan fingerprint density at radius 2 is 1.62 bits per heavy atom. The minimum absolute atomic E-state index is 0. The van der Waals surface area contributed by atoms with Gasteiger partial charge in [0.1, 0.15) is 12.4 Å². The summed E-state index contributed by atoms with van der Waals surface area (Å²) in [6.07, 6.45) is 7.97. The number of nitrogens with one attached hydrogen (secondary N) is 1. The normalized spacial score (nSPS) is 10.4. The highest BCUT2D eigenvalue weighted by molar-refractivity contribution is 6.32. The van der Waals surface area contributed by atoms with Gasteiger partial charge in [0.05, 0.1) is 5.02 Å². The molecule has 0 unspecified atom stereocenters. The summed E-state index contributed by atoms with van der Waals surface area (Å²) in [5, 5.41) is 4.17. The monoisotopic (exact) mass is 395 g/mol. The van der Waals surface area contributed by atoms with E-state index in [9.17, 15) is 0 Å². The van der Waals surface area contributed by atoms with Gasteiger partial charge in [0.2, 0.25) is 0 Å². The summed E-state index contributed by atoms with van der Waals surface area (Å²) >= 11 is 6.35. The van der Waals surface area contributed by atoms with Crippen molar-refractivity contribution in [3.63, 3.8) is 0 Å². The van der Waals surface area contributed by atoms with Crippen LogP contribution in [0, 0.1) is 0 Å². The van der Waals surface area contributed by atoms with Crippen LogP contribution >= 0.6 is 24.0 Å². The lowest BCUT2D eigenvalue weighted by molar-refractivity contribution is 0.306. The van der Waals surface area contributed by atoms with Gasteiger partial charge in [-0.1, -0.05) is 87.0 Å². The van der Waals surface area contributed by atoms with E-state index in [1.165, 1.54) is 44.1 Å². The molecule has 4 heteroatoms. The van der Waals surface area contributed by atoms with Crippen molar-refractivity contribution in [3.8, 4) is 5.75 Å². The van der Waals surface area contributed by atoms with E-state index in [2.05, 4.69) is 30.4 Å². The first-order chi connectivity index (χ1) is 12.3. The molecule has 0 amide bonds. The van der Waals surface area contributed by atoms with Gasteiger partial charge in [0.15, 0.2) is 0 Å². The average Bonchev–Trinajstić information content (AvgIpc) is 2.64. The molecule has 0 saturated carbocycles. The summed E-state index contributed by atoms with van der Waals surface area (Å²) < 4.78 is 5.82. The first-order valence-electron chi connectivity index (χ1n) is 9.45. The van der Waals surface area contributed by atoms with Gasteiger partial charge in [-0.2, -0.15) is 0 Å². The zero-order valence-corrected chi connectivity index (χ0v) is 17.2. The SMILES string of the molecule is CCCCCCCCNCc1ccc(OCc2ccccc2)c(Cl)c1.Cl. The van der Waals surface area contributed by atoms with Crippen LogP contribution in [0.2, 0.25) is 5.02 Å². The predicted octanol–water partition coefficient (Wildman–Crippen LogP) is 6.79. The van der Waals surface area contributed by atoms with Crippen molar-refractivity contribution in [3.05, 3.63) is 64.7 Å². The van der Waals surface area contributed by atoms with Gasteiger partial charge in [0, 0.05) is 6.54 Å². The van der Waals surface area contributed by atoms with Crippen molar-refractivity contribution in [2.75, 3.05) is 6.54 Å². The van der Waals surface area contributed by atoms with E-state index in [4.69, 9.17) is 16.3 Å². The van der Waals surface area contributed by atoms with Crippen molar-refractivity contribution in [2.45, 2.75) is 58.6 Å². The number of hydrogen-bond acceptors (Lipinski definition) is 2. The lowest BCUT2D eigenvalue weighted by Crippen LogP contribution is -2.14. The van der Waals surface area contributed by atoms with Crippen LogP contribution in [0.3, 0.4) is 0 Å². The van der Waals surface area contributed by atoms with Gasteiger partial charge < -0.3 is 10.1 Å². The Bertz CT molecular complexity index is 604. The third-order valence-electron chi connectivity index (χ3n) is 4.27. The Morgan fingerprint density at radius 3 is 2.35 bits per heavy atom. The Kier molecular flexibility index (Phi) is 12.2. The van der Waals surface area contributed by atoms with Gasteiger partial charge in [-0.25, -0.2) is 0 Å². The van der Waals surface area contributed by atoms with Crippen molar-refractivity contribution < 1.29 is 4.74 Å². The number of rotatable bonds is 12. The minimum atomic E-state index is 0. The molecular weight excluding hydrogens is 365 g/mol. The second-order valence-corrected chi connectivity index (χ2v) is 6.89. The zero-order chi connectivity index (χ0) is 17.7. The molecule has 2 aromatic carbocycles. The fourth-order valence-corrected chi connectivity index (χ4v) is 3.03. The maximum absolute atomic E-state index is 6.35. The Hall–Kier alpha value is -1.22. The molecule has 0 radical (unpaired) electrons. The van der Waals surface area contributed by atoms with Crippen LogP contribution in [0.1, 0.15) is 56.6 Å². The highest BCUT2D eigenvalue weighted by Crippen LogP contribution is 2.26. The summed E-state index contributed by atoms with van der Waals surface area (Å²) in [7, 11) is 0. The number of unbranched alkanes of at least 4 members (excludes halogenated alkanes) is 5. The molecule has 0 aliphatic rings. The Labute approximate surface area is 169 Å². The van der Waals surface area contributed by atoms with Crippen molar-refractivity contribution in [1.29, 1.82) is 0 Å². The van der Waals surface area contributed by atoms with E-state index < -0.39 is 0 Å². The van der Waals surface area contributed by atoms with E-state index >= 15 is 0 Å². The van der Waals surface area contributed by atoms with E-state index in [1.807, 2.05) is 30.3 Å². The fraction of sp³-hybridized carbons (Fsp3) is 0.455. The third-order valence-corrected chi connectivity index (χ3v) is 4.57. The number of benzene rings is 2. The summed E-state index contributed by atoms with van der Waals surface area (Å²) in [6, 6.07) is 16.2. The first kappa shape index (κ1) is 22.8. The molecule has 1 N–H and O–H groups in total. The summed E-state index contributed by atoms with van der Waals surface area (Å²) in [6.45, 7) is 4.71. The molecule has 0 aliphatic carbocycles. The average molecular weight is 396 g/mol. The van der Waals surface area contributed by atoms with Crippen LogP contribution in [0.15, 0.2) is 48.5 Å². The lowest BCUT2D eigenvalue weighted by atomic mass is 10.1. The lowest BCUT2D eigenvalue weighted by Gasteiger charge is -2.10. The van der Waals surface area contributed by atoms with Crippen LogP contribution in [0.4, 0.5) is 0 Å². The third kappa shape index (κ3) is 8.93. The van der Waals surface area contributed by atoms with Gasteiger partial charge in [-0.15, -0.1) is 12.4 Å². The maximum atomic E-state index is 6.35. The zero-order valence-electron chi connectivity index (χ0n) is 15.7. The van der Waals surface area contributed by atoms with Crippen LogP contribution in [-0.4, -0.2) is 6.54 Å². The summed E-state index contributed by atoms with van der Waals surface area (Å²) in [5.74, 6) is 0.741. The van der Waals surface area contributed by atoms with E-state index in [1.54, 1.807) is 0 Å². The molecule has 0 atom stereocenters. The number of halogens is 2. The molecule has 2 aromatic rings. The number of ether oxygens (including phenoxy) is 1. The largest absolute Gasteiger partial charge is 0.487 e. The van der Waals surface area contributed by atoms with Gasteiger partial charge in [-0.3, -0.25) is 0 Å². The highest BCUT2D eigenvalue weighted by atomic mass is 35.5. The van der Waals surface area contributed by atoms with E-state index in [0.717, 1.165) is 24.4 Å². The van der Waals surface area contributed by atoms with Crippen LogP contribution in [0.25, 0.3) is 0 Å². The van der Waals surface area contributed by atoms with Crippen molar-refractivity contribution >= 4 is 24.0 Å². The smallest absolute Gasteiger partial charge is 0.138 e. The summed E-state index contributed by atoms with van der Waals surface area (Å²) in [5.41, 5.74) is 2.34. The molecule has 26 heavy (non-hydrogen) atoms. The minimum Gasteiger partial charge on any atom is -0.487 e. The van der Waals surface area contributed by atoms with Crippen LogP contribution < -0.4 is 10.1 Å². The first-order valence-corrected chi connectivity index (χ1v) is 9.83. The van der Waals surface area contributed by atoms with E-state index in [0.29, 0.717) is 11.6 Å². The standard InChI is InChI=1S/C22H30ClNO.ClH/c1-2-3-4-5-6-10-15-24-17-20-13-14-22(21(23)16-20)25-18-19-11-8-7-9-12-19;/h7-9,11-14,16,24H,2-6,10,15,17-18H2,1H3;1H. The quantitative estimate of drug-likeness (QED) is 0.399. The van der Waals surface area contributed by atoms with Crippen molar-refractivity contribution in [2.24, 2.45) is 0 Å². The van der Waals surface area contributed by atoms with Crippen LogP contribution in [0.5, 0.6) is 5.75 Å². The molecular formula is C22H31Cl2NO.